The Balaban J connectivity index is 2.07. The molecule has 5 nitrogen and oxygen atoms in total. The number of carbonyl (C=O) groups is 2. The summed E-state index contributed by atoms with van der Waals surface area (Å²) in [5, 5.41) is 2.75. The number of ether oxygens (including phenoxy) is 1. The van der Waals surface area contributed by atoms with Crippen LogP contribution in [0, 0.1) is 11.8 Å². The molecule has 1 saturated heterocycles. The third-order valence-electron chi connectivity index (χ3n) is 4.70. The second-order valence-corrected chi connectivity index (χ2v) is 6.29. The van der Waals surface area contributed by atoms with Crippen LogP contribution in [0.2, 0.25) is 0 Å². The van der Waals surface area contributed by atoms with Crippen LogP contribution in [0.15, 0.2) is 0 Å². The van der Waals surface area contributed by atoms with E-state index in [1.807, 2.05) is 4.90 Å². The largest absolute Gasteiger partial charge is 0.453 e. The summed E-state index contributed by atoms with van der Waals surface area (Å²) in [5.41, 5.74) is 0. The van der Waals surface area contributed by atoms with Crippen LogP contribution in [0.5, 0.6) is 0 Å². The number of likely N-dealkylation sites (tertiary alicyclic amines) is 1. The van der Waals surface area contributed by atoms with E-state index in [0.717, 1.165) is 38.6 Å². The van der Waals surface area contributed by atoms with Crippen LogP contribution in [0.25, 0.3) is 0 Å². The maximum Gasteiger partial charge on any atom is 0.407 e. The lowest BCUT2D eigenvalue weighted by Gasteiger charge is -2.37. The Bertz CT molecular complexity index is 366. The van der Waals surface area contributed by atoms with Crippen LogP contribution in [-0.4, -0.2) is 42.6 Å². The molecule has 1 heterocycles. The van der Waals surface area contributed by atoms with Gasteiger partial charge in [-0.25, -0.2) is 4.79 Å². The highest BCUT2D eigenvalue weighted by Crippen LogP contribution is 2.32. The van der Waals surface area contributed by atoms with Gasteiger partial charge < -0.3 is 15.0 Å². The van der Waals surface area contributed by atoms with Gasteiger partial charge in [0.15, 0.2) is 0 Å². The molecule has 2 atom stereocenters. The molecule has 0 aromatic carbocycles. The minimum absolute atomic E-state index is 0.0799. The van der Waals surface area contributed by atoms with Crippen LogP contribution < -0.4 is 5.32 Å². The lowest BCUT2D eigenvalue weighted by atomic mass is 9.79. The van der Waals surface area contributed by atoms with Crippen LogP contribution in [0.3, 0.4) is 0 Å². The zero-order valence-electron chi connectivity index (χ0n) is 12.7. The molecule has 0 aromatic heterocycles. The van der Waals surface area contributed by atoms with Gasteiger partial charge in [0.05, 0.1) is 7.11 Å². The summed E-state index contributed by atoms with van der Waals surface area (Å²) in [5.74, 6) is 0.813. The van der Waals surface area contributed by atoms with Crippen molar-refractivity contribution in [2.45, 2.75) is 58.0 Å². The molecular weight excluding hydrogens is 256 g/mol. The molecule has 0 aromatic rings. The number of methoxy groups -OCH3 is 1. The van der Waals surface area contributed by atoms with Gasteiger partial charge in [-0.2, -0.15) is 0 Å². The predicted octanol–water partition coefficient (Wildman–Crippen LogP) is 2.16. The Hall–Kier alpha value is -1.26. The monoisotopic (exact) mass is 282 g/mol. The zero-order chi connectivity index (χ0) is 14.7. The lowest BCUT2D eigenvalue weighted by molar-refractivity contribution is -0.137. The molecule has 2 amide bonds. The highest BCUT2D eigenvalue weighted by molar-refractivity contribution is 5.86. The Morgan fingerprint density at radius 2 is 1.90 bits per heavy atom. The van der Waals surface area contributed by atoms with Crippen molar-refractivity contribution in [3.63, 3.8) is 0 Å². The second-order valence-electron chi connectivity index (χ2n) is 6.29. The van der Waals surface area contributed by atoms with Crippen LogP contribution in [0.4, 0.5) is 4.79 Å². The fraction of sp³-hybridized carbons (Fsp3) is 0.867. The molecule has 0 radical (unpaired) electrons. The molecule has 0 spiro atoms. The van der Waals surface area contributed by atoms with E-state index in [1.54, 1.807) is 0 Å². The molecule has 2 aliphatic rings. The number of nitrogens with zero attached hydrogens (tertiary/aromatic N) is 1. The van der Waals surface area contributed by atoms with E-state index < -0.39 is 12.1 Å². The minimum Gasteiger partial charge on any atom is -0.453 e. The van der Waals surface area contributed by atoms with Crippen molar-refractivity contribution in [2.75, 3.05) is 13.7 Å². The van der Waals surface area contributed by atoms with Gasteiger partial charge in [0.25, 0.3) is 0 Å². The average molecular weight is 282 g/mol. The van der Waals surface area contributed by atoms with Gasteiger partial charge in [-0.05, 0) is 37.5 Å². The van der Waals surface area contributed by atoms with Crippen molar-refractivity contribution in [3.05, 3.63) is 0 Å². The van der Waals surface area contributed by atoms with Gasteiger partial charge in [-0.15, -0.1) is 0 Å². The first-order valence-electron chi connectivity index (χ1n) is 7.69. The highest BCUT2D eigenvalue weighted by Gasteiger charge is 2.40. The van der Waals surface area contributed by atoms with Gasteiger partial charge in [0.2, 0.25) is 5.91 Å². The summed E-state index contributed by atoms with van der Waals surface area (Å²) in [6.07, 6.45) is 4.80. The van der Waals surface area contributed by atoms with Gasteiger partial charge in [0, 0.05) is 12.6 Å². The predicted molar refractivity (Wildman–Crippen MR) is 76.2 cm³/mol. The summed E-state index contributed by atoms with van der Waals surface area (Å²) < 4.78 is 4.67. The normalized spacial score (nSPS) is 24.4. The number of amides is 2. The van der Waals surface area contributed by atoms with Crippen molar-refractivity contribution < 1.29 is 14.3 Å². The van der Waals surface area contributed by atoms with E-state index in [1.165, 1.54) is 7.11 Å². The third kappa shape index (κ3) is 3.07. The number of rotatable bonds is 4. The summed E-state index contributed by atoms with van der Waals surface area (Å²) in [6, 6.07) is -0.0972. The standard InChI is InChI=1S/C15H26N2O3/c1-10(2)12-8-5-9-17(12)14(18)13(11-6-4-7-11)16-15(19)20-3/h10-13H,4-9H2,1-3H3,(H,16,19)/t12-,13?/m0/s1. The van der Waals surface area contributed by atoms with E-state index in [0.29, 0.717) is 12.0 Å². The Morgan fingerprint density at radius 3 is 2.40 bits per heavy atom. The molecule has 2 fully saturated rings. The topological polar surface area (TPSA) is 58.6 Å². The maximum atomic E-state index is 12.8. The van der Waals surface area contributed by atoms with Gasteiger partial charge in [0.1, 0.15) is 6.04 Å². The van der Waals surface area contributed by atoms with Crippen LogP contribution in [0.1, 0.15) is 46.0 Å². The molecule has 1 saturated carbocycles. The molecule has 1 unspecified atom stereocenters. The number of alkyl carbamates (subject to hydrolysis) is 1. The van der Waals surface area contributed by atoms with E-state index >= 15 is 0 Å². The first kappa shape index (κ1) is 15.1. The van der Waals surface area contributed by atoms with Gasteiger partial charge in [-0.3, -0.25) is 4.79 Å². The quantitative estimate of drug-likeness (QED) is 0.859. The molecule has 0 bridgehead atoms. The average Bonchev–Trinajstić information content (AvgIpc) is 2.84. The first-order chi connectivity index (χ1) is 9.54. The van der Waals surface area contributed by atoms with Gasteiger partial charge >= 0.3 is 6.09 Å². The highest BCUT2D eigenvalue weighted by atomic mass is 16.5. The Morgan fingerprint density at radius 1 is 1.20 bits per heavy atom. The molecular formula is C15H26N2O3. The fourth-order valence-electron chi connectivity index (χ4n) is 3.28. The molecule has 1 aliphatic heterocycles. The number of nitrogens with one attached hydrogen (secondary N) is 1. The first-order valence-corrected chi connectivity index (χ1v) is 7.69. The van der Waals surface area contributed by atoms with E-state index in [4.69, 9.17) is 0 Å². The van der Waals surface area contributed by atoms with Crippen molar-refractivity contribution in [2.24, 2.45) is 11.8 Å². The summed E-state index contributed by atoms with van der Waals surface area (Å²) in [4.78, 5) is 26.3. The van der Waals surface area contributed by atoms with Gasteiger partial charge in [-0.1, -0.05) is 20.3 Å². The van der Waals surface area contributed by atoms with Crippen molar-refractivity contribution in [1.29, 1.82) is 0 Å². The summed E-state index contributed by atoms with van der Waals surface area (Å²) in [6.45, 7) is 5.12. The van der Waals surface area contributed by atoms with Crippen molar-refractivity contribution in [1.82, 2.24) is 10.2 Å². The SMILES string of the molecule is COC(=O)NC(C(=O)N1CCC[C@H]1C(C)C)C1CCC1. The Kier molecular flexibility index (Phi) is 4.89. The zero-order valence-corrected chi connectivity index (χ0v) is 12.7. The molecule has 20 heavy (non-hydrogen) atoms. The minimum atomic E-state index is -0.504. The smallest absolute Gasteiger partial charge is 0.407 e. The van der Waals surface area contributed by atoms with Crippen LogP contribution >= 0.6 is 0 Å². The lowest BCUT2D eigenvalue weighted by Crippen LogP contribution is -2.55. The molecule has 5 heteroatoms. The fourth-order valence-corrected chi connectivity index (χ4v) is 3.28. The van der Waals surface area contributed by atoms with Crippen molar-refractivity contribution in [3.8, 4) is 0 Å². The maximum absolute atomic E-state index is 12.8. The molecule has 1 N–H and O–H groups in total. The van der Waals surface area contributed by atoms with E-state index in [9.17, 15) is 9.59 Å². The van der Waals surface area contributed by atoms with E-state index in [2.05, 4.69) is 23.9 Å². The van der Waals surface area contributed by atoms with Crippen molar-refractivity contribution >= 4 is 12.0 Å². The number of hydrogen-bond acceptors (Lipinski definition) is 3. The third-order valence-corrected chi connectivity index (χ3v) is 4.70. The molecule has 2 rings (SSSR count). The summed E-state index contributed by atoms with van der Waals surface area (Å²) in [7, 11) is 1.34. The van der Waals surface area contributed by atoms with Crippen LogP contribution in [-0.2, 0) is 9.53 Å². The van der Waals surface area contributed by atoms with E-state index in [-0.39, 0.29) is 11.8 Å². The molecule has 1 aliphatic carbocycles. The summed E-state index contributed by atoms with van der Waals surface area (Å²) >= 11 is 0. The number of hydrogen-bond donors (Lipinski definition) is 1. The molecule has 114 valence electrons. The second kappa shape index (κ2) is 6.46. The Labute approximate surface area is 121 Å². The number of carbonyl (C=O) groups excluding carboxylic acids is 2.